The summed E-state index contributed by atoms with van der Waals surface area (Å²) < 4.78 is 64.9. The fraction of sp³-hybridized carbons (Fsp3) is 0.167. The van der Waals surface area contributed by atoms with Crippen LogP contribution in [0.4, 0.5) is 27.6 Å². The van der Waals surface area contributed by atoms with Crippen LogP contribution in [0.15, 0.2) is 24.5 Å². The van der Waals surface area contributed by atoms with Crippen molar-refractivity contribution in [1.29, 1.82) is 0 Å². The third-order valence-electron chi connectivity index (χ3n) is 2.54. The van der Waals surface area contributed by atoms with Crippen LogP contribution in [0.25, 0.3) is 11.4 Å². The topological polar surface area (TPSA) is 37.8 Å². The van der Waals surface area contributed by atoms with Crippen molar-refractivity contribution in [2.45, 2.75) is 6.18 Å². The molecule has 0 atom stereocenters. The van der Waals surface area contributed by atoms with E-state index in [0.717, 1.165) is 18.5 Å². The number of benzene rings is 1. The Balaban J connectivity index is 2.68. The Kier molecular flexibility index (Phi) is 3.56. The average Bonchev–Trinajstić information content (AvgIpc) is 2.38. The minimum Gasteiger partial charge on any atom is -0.386 e. The normalized spacial score (nSPS) is 11.5. The Labute approximate surface area is 110 Å². The van der Waals surface area contributed by atoms with Crippen LogP contribution in [0, 0.1) is 11.6 Å². The van der Waals surface area contributed by atoms with Gasteiger partial charge in [-0.3, -0.25) is 0 Å². The number of aromatic nitrogens is 2. The number of halogens is 5. The highest BCUT2D eigenvalue weighted by molar-refractivity contribution is 5.67. The highest BCUT2D eigenvalue weighted by Crippen LogP contribution is 2.38. The number of alkyl halides is 3. The van der Waals surface area contributed by atoms with Gasteiger partial charge in [0.15, 0.2) is 11.6 Å². The van der Waals surface area contributed by atoms with Crippen molar-refractivity contribution in [3.8, 4) is 11.4 Å². The molecular formula is C12H8F5N3. The molecule has 1 heterocycles. The van der Waals surface area contributed by atoms with Gasteiger partial charge in [-0.15, -0.1) is 0 Å². The molecule has 0 spiro atoms. The molecule has 0 radical (unpaired) electrons. The predicted molar refractivity (Wildman–Crippen MR) is 61.9 cm³/mol. The van der Waals surface area contributed by atoms with Gasteiger partial charge in [0.2, 0.25) is 0 Å². The molecule has 1 aromatic carbocycles. The van der Waals surface area contributed by atoms with E-state index in [2.05, 4.69) is 15.3 Å². The van der Waals surface area contributed by atoms with Gasteiger partial charge in [0, 0.05) is 12.6 Å². The molecule has 3 nitrogen and oxygen atoms in total. The van der Waals surface area contributed by atoms with E-state index in [0.29, 0.717) is 6.07 Å². The van der Waals surface area contributed by atoms with Crippen molar-refractivity contribution in [2.24, 2.45) is 0 Å². The summed E-state index contributed by atoms with van der Waals surface area (Å²) in [4.78, 5) is 6.98. The minimum absolute atomic E-state index is 0.138. The zero-order valence-corrected chi connectivity index (χ0v) is 10.1. The highest BCUT2D eigenvalue weighted by Gasteiger charge is 2.35. The van der Waals surface area contributed by atoms with Gasteiger partial charge in [-0.2, -0.15) is 13.2 Å². The quantitative estimate of drug-likeness (QED) is 0.860. The van der Waals surface area contributed by atoms with Gasteiger partial charge < -0.3 is 5.32 Å². The van der Waals surface area contributed by atoms with E-state index in [1.807, 2.05) is 0 Å². The zero-order valence-electron chi connectivity index (χ0n) is 10.1. The van der Waals surface area contributed by atoms with Gasteiger partial charge >= 0.3 is 6.18 Å². The molecule has 1 aromatic heterocycles. The highest BCUT2D eigenvalue weighted by atomic mass is 19.4. The molecule has 106 valence electrons. The largest absolute Gasteiger partial charge is 0.417 e. The van der Waals surface area contributed by atoms with Crippen molar-refractivity contribution in [2.75, 3.05) is 12.4 Å². The van der Waals surface area contributed by atoms with E-state index in [1.54, 1.807) is 0 Å². The lowest BCUT2D eigenvalue weighted by Crippen LogP contribution is -2.10. The third-order valence-corrected chi connectivity index (χ3v) is 2.54. The number of nitrogens with zero attached hydrogens (tertiary/aromatic N) is 2. The molecule has 0 saturated heterocycles. The number of nitrogens with one attached hydrogen (secondary N) is 1. The number of anilines is 1. The molecule has 2 rings (SSSR count). The molecular weight excluding hydrogens is 281 g/mol. The molecule has 20 heavy (non-hydrogen) atoms. The molecule has 1 N–H and O–H groups in total. The second kappa shape index (κ2) is 5.03. The Hall–Kier alpha value is -2.25. The molecule has 0 aliphatic carbocycles. The summed E-state index contributed by atoms with van der Waals surface area (Å²) in [6.07, 6.45) is -3.30. The molecule has 0 fully saturated rings. The maximum atomic E-state index is 13.5. The van der Waals surface area contributed by atoms with Crippen molar-refractivity contribution in [3.63, 3.8) is 0 Å². The second-order valence-electron chi connectivity index (χ2n) is 3.85. The maximum absolute atomic E-state index is 13.5. The van der Waals surface area contributed by atoms with Crippen molar-refractivity contribution < 1.29 is 22.0 Å². The molecule has 2 aromatic rings. The first-order valence-electron chi connectivity index (χ1n) is 5.39. The van der Waals surface area contributed by atoms with Crippen molar-refractivity contribution >= 4 is 5.69 Å². The second-order valence-corrected chi connectivity index (χ2v) is 3.85. The fourth-order valence-corrected chi connectivity index (χ4v) is 1.64. The van der Waals surface area contributed by atoms with E-state index in [-0.39, 0.29) is 11.5 Å². The maximum Gasteiger partial charge on any atom is 0.417 e. The molecule has 0 amide bonds. The first kappa shape index (κ1) is 14.2. The van der Waals surface area contributed by atoms with Crippen LogP contribution in [0.3, 0.4) is 0 Å². The van der Waals surface area contributed by atoms with E-state index in [1.165, 1.54) is 7.05 Å². The monoisotopic (exact) mass is 289 g/mol. The molecule has 0 unspecified atom stereocenters. The van der Waals surface area contributed by atoms with Gasteiger partial charge in [0.1, 0.15) is 5.82 Å². The Bertz CT molecular complexity index is 622. The zero-order chi connectivity index (χ0) is 14.9. The summed E-state index contributed by atoms with van der Waals surface area (Å²) in [5.74, 6) is -2.17. The summed E-state index contributed by atoms with van der Waals surface area (Å²) >= 11 is 0. The summed E-state index contributed by atoms with van der Waals surface area (Å²) in [5.41, 5.74) is -1.79. The summed E-state index contributed by atoms with van der Waals surface area (Å²) in [7, 11) is 1.36. The number of hydrogen-bond acceptors (Lipinski definition) is 3. The van der Waals surface area contributed by atoms with Crippen LogP contribution in [0.5, 0.6) is 0 Å². The Morgan fingerprint density at radius 3 is 2.15 bits per heavy atom. The number of hydrogen-bond donors (Lipinski definition) is 1. The molecule has 0 saturated carbocycles. The lowest BCUT2D eigenvalue weighted by atomic mass is 10.0. The summed E-state index contributed by atoms with van der Waals surface area (Å²) in [5, 5.41) is 2.42. The molecule has 0 aliphatic rings. The van der Waals surface area contributed by atoms with Crippen LogP contribution in [0.2, 0.25) is 0 Å². The first-order valence-corrected chi connectivity index (χ1v) is 5.39. The Morgan fingerprint density at radius 2 is 1.65 bits per heavy atom. The van der Waals surface area contributed by atoms with Gasteiger partial charge in [-0.25, -0.2) is 18.7 Å². The van der Waals surface area contributed by atoms with Gasteiger partial charge in [0.05, 0.1) is 23.6 Å². The van der Waals surface area contributed by atoms with Gasteiger partial charge in [-0.1, -0.05) is 0 Å². The third kappa shape index (κ3) is 2.68. The van der Waals surface area contributed by atoms with Crippen LogP contribution in [0.1, 0.15) is 5.56 Å². The van der Waals surface area contributed by atoms with Crippen molar-refractivity contribution in [1.82, 2.24) is 9.97 Å². The fourth-order valence-electron chi connectivity index (χ4n) is 1.64. The number of rotatable bonds is 2. The van der Waals surface area contributed by atoms with Gasteiger partial charge in [0.25, 0.3) is 0 Å². The first-order chi connectivity index (χ1) is 9.32. The molecule has 8 heteroatoms. The SMILES string of the molecule is CNc1cc(-c2ncc(F)cn2)c(C(F)(F)F)cc1F. The van der Waals surface area contributed by atoms with E-state index >= 15 is 0 Å². The standard InChI is InChI=1S/C12H8F5N3/c1-18-10-2-7(11-19-4-6(13)5-20-11)8(3-9(10)14)12(15,16)17/h2-5,18H,1H3. The van der Waals surface area contributed by atoms with Crippen molar-refractivity contribution in [3.05, 3.63) is 41.7 Å². The molecule has 0 aliphatic heterocycles. The lowest BCUT2D eigenvalue weighted by molar-refractivity contribution is -0.137. The van der Waals surface area contributed by atoms with Gasteiger partial charge in [-0.05, 0) is 12.1 Å². The van der Waals surface area contributed by atoms with E-state index in [4.69, 9.17) is 0 Å². The van der Waals surface area contributed by atoms with E-state index in [9.17, 15) is 22.0 Å². The van der Waals surface area contributed by atoms with Crippen LogP contribution < -0.4 is 5.32 Å². The average molecular weight is 289 g/mol. The smallest absolute Gasteiger partial charge is 0.386 e. The molecule has 0 bridgehead atoms. The minimum atomic E-state index is -4.78. The van der Waals surface area contributed by atoms with Crippen LogP contribution in [-0.2, 0) is 6.18 Å². The summed E-state index contributed by atoms with van der Waals surface area (Å²) in [6, 6.07) is 1.29. The predicted octanol–water partition coefficient (Wildman–Crippen LogP) is 3.48. The lowest BCUT2D eigenvalue weighted by Gasteiger charge is -2.14. The Morgan fingerprint density at radius 1 is 1.05 bits per heavy atom. The van der Waals surface area contributed by atoms with Crippen LogP contribution in [-0.4, -0.2) is 17.0 Å². The van der Waals surface area contributed by atoms with Crippen LogP contribution >= 0.6 is 0 Å². The summed E-state index contributed by atoms with van der Waals surface area (Å²) in [6.45, 7) is 0. The van der Waals surface area contributed by atoms with E-state index < -0.39 is 28.9 Å².